The first-order valence-corrected chi connectivity index (χ1v) is 6.49. The van der Waals surface area contributed by atoms with Crippen LogP contribution in [0.2, 0.25) is 0 Å². The SMILES string of the molecule is O=C(O)c1ncccc1Cn1cc(-c2ccccc2)cn1. The fourth-order valence-electron chi connectivity index (χ4n) is 2.16. The Labute approximate surface area is 121 Å². The fraction of sp³-hybridized carbons (Fsp3) is 0.0625. The van der Waals surface area contributed by atoms with E-state index >= 15 is 0 Å². The summed E-state index contributed by atoms with van der Waals surface area (Å²) in [5.74, 6) is -1.03. The molecule has 1 aromatic carbocycles. The van der Waals surface area contributed by atoms with Crippen molar-refractivity contribution in [1.82, 2.24) is 14.8 Å². The highest BCUT2D eigenvalue weighted by Gasteiger charge is 2.11. The highest BCUT2D eigenvalue weighted by Crippen LogP contribution is 2.18. The first-order chi connectivity index (χ1) is 10.2. The van der Waals surface area contributed by atoms with E-state index in [0.29, 0.717) is 12.1 Å². The molecule has 0 atom stereocenters. The van der Waals surface area contributed by atoms with Gasteiger partial charge in [0.2, 0.25) is 0 Å². The number of aromatic nitrogens is 3. The molecule has 3 rings (SSSR count). The summed E-state index contributed by atoms with van der Waals surface area (Å²) in [6.07, 6.45) is 5.14. The van der Waals surface area contributed by atoms with Crippen molar-refractivity contribution in [3.8, 4) is 11.1 Å². The van der Waals surface area contributed by atoms with Crippen molar-refractivity contribution in [3.05, 3.63) is 72.3 Å². The third kappa shape index (κ3) is 2.81. The van der Waals surface area contributed by atoms with Gasteiger partial charge in [-0.15, -0.1) is 0 Å². The molecule has 1 N–H and O–H groups in total. The number of carboxylic acid groups (broad SMARTS) is 1. The predicted molar refractivity (Wildman–Crippen MR) is 78.0 cm³/mol. The molecule has 2 heterocycles. The molecule has 0 fully saturated rings. The maximum atomic E-state index is 11.1. The Balaban J connectivity index is 1.87. The summed E-state index contributed by atoms with van der Waals surface area (Å²) in [5, 5.41) is 13.4. The lowest BCUT2D eigenvalue weighted by Crippen LogP contribution is -2.09. The van der Waals surface area contributed by atoms with Crippen molar-refractivity contribution in [3.63, 3.8) is 0 Å². The molecule has 3 aromatic rings. The molecule has 0 aliphatic heterocycles. The molecule has 5 heteroatoms. The molecule has 0 radical (unpaired) electrons. The van der Waals surface area contributed by atoms with Gasteiger partial charge in [0.15, 0.2) is 5.69 Å². The number of aromatic carboxylic acids is 1. The summed E-state index contributed by atoms with van der Waals surface area (Å²) >= 11 is 0. The lowest BCUT2D eigenvalue weighted by molar-refractivity contribution is 0.0689. The van der Waals surface area contributed by atoms with Crippen LogP contribution in [-0.4, -0.2) is 25.8 Å². The number of benzene rings is 1. The van der Waals surface area contributed by atoms with Crippen LogP contribution in [0.1, 0.15) is 16.1 Å². The maximum absolute atomic E-state index is 11.1. The second-order valence-corrected chi connectivity index (χ2v) is 4.61. The second-order valence-electron chi connectivity index (χ2n) is 4.61. The molecular formula is C16H13N3O2. The van der Waals surface area contributed by atoms with Crippen molar-refractivity contribution < 1.29 is 9.90 Å². The molecule has 0 aliphatic rings. The lowest BCUT2D eigenvalue weighted by Gasteiger charge is -2.04. The number of carboxylic acids is 1. The number of pyridine rings is 1. The number of rotatable bonds is 4. The highest BCUT2D eigenvalue weighted by atomic mass is 16.4. The van der Waals surface area contributed by atoms with E-state index in [1.807, 2.05) is 36.5 Å². The number of hydrogen-bond donors (Lipinski definition) is 1. The number of nitrogens with zero attached hydrogens (tertiary/aromatic N) is 3. The molecule has 0 aliphatic carbocycles. The van der Waals surface area contributed by atoms with E-state index in [9.17, 15) is 4.79 Å². The summed E-state index contributed by atoms with van der Waals surface area (Å²) < 4.78 is 1.71. The average Bonchev–Trinajstić information content (AvgIpc) is 2.97. The van der Waals surface area contributed by atoms with E-state index in [1.165, 1.54) is 6.20 Å². The number of carbonyl (C=O) groups is 1. The smallest absolute Gasteiger partial charge is 0.354 e. The van der Waals surface area contributed by atoms with Gasteiger partial charge in [0.05, 0.1) is 12.7 Å². The summed E-state index contributed by atoms with van der Waals surface area (Å²) in [6.45, 7) is 0.377. The van der Waals surface area contributed by atoms with E-state index in [4.69, 9.17) is 5.11 Å². The van der Waals surface area contributed by atoms with E-state index in [0.717, 1.165) is 11.1 Å². The molecule has 0 saturated carbocycles. The van der Waals surface area contributed by atoms with E-state index in [2.05, 4.69) is 10.1 Å². The van der Waals surface area contributed by atoms with Crippen molar-refractivity contribution in [1.29, 1.82) is 0 Å². The standard InChI is InChI=1S/C16H13N3O2/c20-16(21)15-13(7-4-8-17-15)10-19-11-14(9-18-19)12-5-2-1-3-6-12/h1-9,11H,10H2,(H,20,21). The molecule has 0 spiro atoms. The monoisotopic (exact) mass is 279 g/mol. The van der Waals surface area contributed by atoms with Crippen molar-refractivity contribution in [2.24, 2.45) is 0 Å². The maximum Gasteiger partial charge on any atom is 0.354 e. The van der Waals surface area contributed by atoms with Gasteiger partial charge in [-0.25, -0.2) is 9.78 Å². The van der Waals surface area contributed by atoms with Crippen LogP contribution in [-0.2, 0) is 6.54 Å². The normalized spacial score (nSPS) is 10.5. The van der Waals surface area contributed by atoms with Crippen LogP contribution in [0.5, 0.6) is 0 Å². The average molecular weight is 279 g/mol. The largest absolute Gasteiger partial charge is 0.477 e. The van der Waals surface area contributed by atoms with Gasteiger partial charge >= 0.3 is 5.97 Å². The summed E-state index contributed by atoms with van der Waals surface area (Å²) in [5.41, 5.74) is 2.77. The van der Waals surface area contributed by atoms with E-state index < -0.39 is 5.97 Å². The fourth-order valence-corrected chi connectivity index (χ4v) is 2.16. The summed E-state index contributed by atoms with van der Waals surface area (Å²) in [4.78, 5) is 15.0. The van der Waals surface area contributed by atoms with Crippen molar-refractivity contribution in [2.45, 2.75) is 6.54 Å². The third-order valence-electron chi connectivity index (χ3n) is 3.17. The van der Waals surface area contributed by atoms with Gasteiger partial charge in [-0.05, 0) is 11.6 Å². The second kappa shape index (κ2) is 5.58. The molecule has 0 bridgehead atoms. The van der Waals surface area contributed by atoms with Crippen LogP contribution in [0.15, 0.2) is 61.1 Å². The first-order valence-electron chi connectivity index (χ1n) is 6.49. The Morgan fingerprint density at radius 3 is 2.67 bits per heavy atom. The molecule has 5 nitrogen and oxygen atoms in total. The van der Waals surface area contributed by atoms with Crippen LogP contribution in [0.3, 0.4) is 0 Å². The zero-order valence-corrected chi connectivity index (χ0v) is 11.2. The Bertz CT molecular complexity index is 766. The minimum Gasteiger partial charge on any atom is -0.477 e. The molecule has 0 unspecified atom stereocenters. The Morgan fingerprint density at radius 2 is 1.90 bits per heavy atom. The molecular weight excluding hydrogens is 266 g/mol. The highest BCUT2D eigenvalue weighted by molar-refractivity contribution is 5.86. The predicted octanol–water partition coefficient (Wildman–Crippen LogP) is 2.69. The summed E-state index contributed by atoms with van der Waals surface area (Å²) in [7, 11) is 0. The van der Waals surface area contributed by atoms with Gasteiger partial charge in [-0.2, -0.15) is 5.10 Å². The van der Waals surface area contributed by atoms with Gasteiger partial charge in [0.25, 0.3) is 0 Å². The topological polar surface area (TPSA) is 68.0 Å². The van der Waals surface area contributed by atoms with Gasteiger partial charge in [0.1, 0.15) is 0 Å². The Morgan fingerprint density at radius 1 is 1.10 bits per heavy atom. The van der Waals surface area contributed by atoms with Gasteiger partial charge in [0, 0.05) is 23.5 Å². The van der Waals surface area contributed by atoms with Crippen LogP contribution >= 0.6 is 0 Å². The first kappa shape index (κ1) is 13.1. The quantitative estimate of drug-likeness (QED) is 0.797. The summed E-state index contributed by atoms with van der Waals surface area (Å²) in [6, 6.07) is 13.4. The number of hydrogen-bond acceptors (Lipinski definition) is 3. The van der Waals surface area contributed by atoms with Crippen LogP contribution < -0.4 is 0 Å². The van der Waals surface area contributed by atoms with Crippen LogP contribution in [0, 0.1) is 0 Å². The van der Waals surface area contributed by atoms with Gasteiger partial charge in [-0.3, -0.25) is 4.68 Å². The molecule has 2 aromatic heterocycles. The van der Waals surface area contributed by atoms with E-state index in [-0.39, 0.29) is 5.69 Å². The molecule has 0 saturated heterocycles. The third-order valence-corrected chi connectivity index (χ3v) is 3.17. The van der Waals surface area contributed by atoms with Gasteiger partial charge < -0.3 is 5.11 Å². The van der Waals surface area contributed by atoms with Crippen LogP contribution in [0.25, 0.3) is 11.1 Å². The van der Waals surface area contributed by atoms with Crippen molar-refractivity contribution >= 4 is 5.97 Å². The minimum atomic E-state index is -1.03. The molecule has 21 heavy (non-hydrogen) atoms. The minimum absolute atomic E-state index is 0.0641. The Hall–Kier alpha value is -2.95. The van der Waals surface area contributed by atoms with E-state index in [1.54, 1.807) is 23.0 Å². The van der Waals surface area contributed by atoms with Crippen LogP contribution in [0.4, 0.5) is 0 Å². The molecule has 0 amide bonds. The zero-order chi connectivity index (χ0) is 14.7. The Kier molecular flexibility index (Phi) is 3.47. The molecule has 104 valence electrons. The lowest BCUT2D eigenvalue weighted by atomic mass is 10.1. The van der Waals surface area contributed by atoms with Gasteiger partial charge in [-0.1, -0.05) is 36.4 Å². The van der Waals surface area contributed by atoms with Crippen molar-refractivity contribution in [2.75, 3.05) is 0 Å². The zero-order valence-electron chi connectivity index (χ0n) is 11.2.